The molecule has 2 aromatic carbocycles. The fourth-order valence-corrected chi connectivity index (χ4v) is 5.64. The normalized spacial score (nSPS) is 15.3. The molecule has 0 aromatic heterocycles. The van der Waals surface area contributed by atoms with E-state index >= 15 is 0 Å². The minimum atomic E-state index is -3.90. The highest BCUT2D eigenvalue weighted by Crippen LogP contribution is 2.30. The molecule has 8 nitrogen and oxygen atoms in total. The zero-order valence-electron chi connectivity index (χ0n) is 19.5. The number of hydrogen-bond acceptors (Lipinski definition) is 5. The predicted octanol–water partition coefficient (Wildman–Crippen LogP) is 4.20. The number of fused-ring (bicyclic) bond motifs is 1. The second-order valence-electron chi connectivity index (χ2n) is 8.67. The molecule has 1 N–H and O–H groups in total. The number of rotatable bonds is 8. The van der Waals surface area contributed by atoms with E-state index in [1.807, 2.05) is 13.0 Å². The average molecular weight is 474 g/mol. The molecular formula is C24H31N3O5S. The van der Waals surface area contributed by atoms with Gasteiger partial charge in [0, 0.05) is 12.1 Å². The largest absolute Gasteiger partial charge is 0.347 e. The van der Waals surface area contributed by atoms with E-state index in [2.05, 4.69) is 17.4 Å². The van der Waals surface area contributed by atoms with Crippen molar-refractivity contribution >= 4 is 27.3 Å². The summed E-state index contributed by atoms with van der Waals surface area (Å²) in [6.07, 6.45) is 6.08. The number of nitro groups is 1. The highest BCUT2D eigenvalue weighted by atomic mass is 32.2. The molecule has 0 bridgehead atoms. The van der Waals surface area contributed by atoms with Gasteiger partial charge in [0.05, 0.1) is 22.9 Å². The number of non-ortho nitro benzene ring substituents is 1. The molecule has 1 aliphatic carbocycles. The number of amides is 1. The van der Waals surface area contributed by atoms with Gasteiger partial charge in [0.2, 0.25) is 15.9 Å². The number of sulfonamides is 1. The lowest BCUT2D eigenvalue weighted by atomic mass is 9.88. The van der Waals surface area contributed by atoms with Crippen molar-refractivity contribution < 1.29 is 18.1 Å². The molecular weight excluding hydrogens is 442 g/mol. The summed E-state index contributed by atoms with van der Waals surface area (Å²) in [6, 6.07) is 8.94. The Labute approximate surface area is 195 Å². The number of benzene rings is 2. The molecule has 0 saturated carbocycles. The molecule has 0 radical (unpaired) electrons. The van der Waals surface area contributed by atoms with Gasteiger partial charge in [0.25, 0.3) is 5.69 Å². The van der Waals surface area contributed by atoms with Crippen molar-refractivity contribution in [3.05, 3.63) is 68.8 Å². The van der Waals surface area contributed by atoms with Gasteiger partial charge in [-0.1, -0.05) is 31.2 Å². The SMILES string of the molecule is CCC(NC(=O)C(C)N(c1cc([N+](=O)[O-])ccc1C)S(C)(=O)=O)c1ccc2c(c1)CCCC2. The minimum absolute atomic E-state index is 0.121. The standard InChI is InChI=1S/C24H31N3O5S/c1-5-22(20-12-11-18-8-6-7-9-19(18)14-20)25-24(28)17(3)26(33(4,31)32)23-15-21(27(29)30)13-10-16(23)2/h10-15,17,22H,5-9H2,1-4H3,(H,25,28). The van der Waals surface area contributed by atoms with Gasteiger partial charge in [-0.25, -0.2) is 8.42 Å². The summed E-state index contributed by atoms with van der Waals surface area (Å²) >= 11 is 0. The molecule has 0 spiro atoms. The molecule has 33 heavy (non-hydrogen) atoms. The number of nitrogens with one attached hydrogen (secondary N) is 1. The minimum Gasteiger partial charge on any atom is -0.347 e. The summed E-state index contributed by atoms with van der Waals surface area (Å²) in [5.74, 6) is -0.462. The lowest BCUT2D eigenvalue weighted by molar-refractivity contribution is -0.384. The molecule has 0 fully saturated rings. The third-order valence-electron chi connectivity index (χ3n) is 6.23. The van der Waals surface area contributed by atoms with Crippen molar-refractivity contribution in [3.63, 3.8) is 0 Å². The zero-order chi connectivity index (χ0) is 24.3. The predicted molar refractivity (Wildman–Crippen MR) is 129 cm³/mol. The van der Waals surface area contributed by atoms with E-state index in [-0.39, 0.29) is 17.4 Å². The van der Waals surface area contributed by atoms with Crippen molar-refractivity contribution in [2.45, 2.75) is 65.0 Å². The highest BCUT2D eigenvalue weighted by Gasteiger charge is 2.32. The second-order valence-corrected chi connectivity index (χ2v) is 10.5. The molecule has 2 aromatic rings. The van der Waals surface area contributed by atoms with Crippen LogP contribution in [0.2, 0.25) is 0 Å². The highest BCUT2D eigenvalue weighted by molar-refractivity contribution is 7.92. The van der Waals surface area contributed by atoms with Crippen LogP contribution in [0.25, 0.3) is 0 Å². The number of anilines is 1. The number of carbonyl (C=O) groups is 1. The molecule has 0 aliphatic heterocycles. The van der Waals surface area contributed by atoms with Gasteiger partial charge in [-0.15, -0.1) is 0 Å². The van der Waals surface area contributed by atoms with Crippen LogP contribution in [-0.4, -0.2) is 31.5 Å². The van der Waals surface area contributed by atoms with Gasteiger partial charge in [0.15, 0.2) is 0 Å². The Morgan fingerprint density at radius 2 is 1.82 bits per heavy atom. The van der Waals surface area contributed by atoms with Gasteiger partial charge < -0.3 is 5.32 Å². The Bertz CT molecular complexity index is 1160. The van der Waals surface area contributed by atoms with Crippen molar-refractivity contribution in [2.24, 2.45) is 0 Å². The van der Waals surface area contributed by atoms with Crippen LogP contribution in [0.15, 0.2) is 36.4 Å². The average Bonchev–Trinajstić information content (AvgIpc) is 2.77. The molecule has 178 valence electrons. The van der Waals surface area contributed by atoms with Crippen LogP contribution in [0.4, 0.5) is 11.4 Å². The summed E-state index contributed by atoms with van der Waals surface area (Å²) in [7, 11) is -3.90. The van der Waals surface area contributed by atoms with E-state index in [4.69, 9.17) is 0 Å². The fourth-order valence-electron chi connectivity index (χ4n) is 4.41. The van der Waals surface area contributed by atoms with E-state index in [1.165, 1.54) is 42.7 Å². The van der Waals surface area contributed by atoms with Crippen LogP contribution in [0.1, 0.15) is 61.4 Å². The Kier molecular flexibility index (Phi) is 7.41. The lowest BCUT2D eigenvalue weighted by Gasteiger charge is -2.31. The number of carbonyl (C=O) groups excluding carboxylic acids is 1. The van der Waals surface area contributed by atoms with E-state index in [1.54, 1.807) is 6.92 Å². The van der Waals surface area contributed by atoms with Crippen LogP contribution >= 0.6 is 0 Å². The molecule has 0 heterocycles. The monoisotopic (exact) mass is 473 g/mol. The first kappa shape index (κ1) is 24.7. The van der Waals surface area contributed by atoms with E-state index in [0.717, 1.165) is 35.4 Å². The van der Waals surface area contributed by atoms with Crippen molar-refractivity contribution in [1.29, 1.82) is 0 Å². The maximum Gasteiger partial charge on any atom is 0.271 e. The van der Waals surface area contributed by atoms with Crippen molar-refractivity contribution in [2.75, 3.05) is 10.6 Å². The first-order valence-corrected chi connectivity index (χ1v) is 13.0. The van der Waals surface area contributed by atoms with Crippen LogP contribution in [-0.2, 0) is 27.7 Å². The molecule has 2 unspecified atom stereocenters. The number of aryl methyl sites for hydroxylation is 3. The zero-order valence-corrected chi connectivity index (χ0v) is 20.3. The summed E-state index contributed by atoms with van der Waals surface area (Å²) < 4.78 is 26.3. The van der Waals surface area contributed by atoms with E-state index < -0.39 is 26.9 Å². The Morgan fingerprint density at radius 3 is 2.42 bits per heavy atom. The molecule has 2 atom stereocenters. The maximum atomic E-state index is 13.2. The molecule has 3 rings (SSSR count). The molecule has 1 amide bonds. The molecule has 0 saturated heterocycles. The fraction of sp³-hybridized carbons (Fsp3) is 0.458. The van der Waals surface area contributed by atoms with Crippen molar-refractivity contribution in [1.82, 2.24) is 5.32 Å². The third-order valence-corrected chi connectivity index (χ3v) is 7.46. The van der Waals surface area contributed by atoms with Crippen LogP contribution in [0.3, 0.4) is 0 Å². The van der Waals surface area contributed by atoms with Crippen molar-refractivity contribution in [3.8, 4) is 0 Å². The smallest absolute Gasteiger partial charge is 0.271 e. The third kappa shape index (κ3) is 5.52. The Hall–Kier alpha value is -2.94. The topological polar surface area (TPSA) is 110 Å². The Balaban J connectivity index is 1.89. The summed E-state index contributed by atoms with van der Waals surface area (Å²) in [5.41, 5.74) is 4.06. The Morgan fingerprint density at radius 1 is 1.15 bits per heavy atom. The van der Waals surface area contributed by atoms with Gasteiger partial charge >= 0.3 is 0 Å². The summed E-state index contributed by atoms with van der Waals surface area (Å²) in [4.78, 5) is 23.9. The van der Waals surface area contributed by atoms with Crippen LogP contribution < -0.4 is 9.62 Å². The van der Waals surface area contributed by atoms with Gasteiger partial charge in [-0.05, 0) is 68.2 Å². The number of nitrogens with zero attached hydrogens (tertiary/aromatic N) is 2. The van der Waals surface area contributed by atoms with E-state index in [0.29, 0.717) is 12.0 Å². The van der Waals surface area contributed by atoms with Crippen LogP contribution in [0.5, 0.6) is 0 Å². The van der Waals surface area contributed by atoms with E-state index in [9.17, 15) is 23.3 Å². The molecule has 9 heteroatoms. The van der Waals surface area contributed by atoms with Gasteiger partial charge in [-0.3, -0.25) is 19.2 Å². The molecule has 1 aliphatic rings. The quantitative estimate of drug-likeness (QED) is 0.456. The second kappa shape index (κ2) is 9.91. The lowest BCUT2D eigenvalue weighted by Crippen LogP contribution is -2.48. The first-order valence-electron chi connectivity index (χ1n) is 11.2. The summed E-state index contributed by atoms with van der Waals surface area (Å²) in [5, 5.41) is 14.2. The maximum absolute atomic E-state index is 13.2. The number of nitro benzene ring substituents is 1. The summed E-state index contributed by atoms with van der Waals surface area (Å²) in [6.45, 7) is 5.12. The first-order chi connectivity index (χ1) is 15.5. The van der Waals surface area contributed by atoms with Gasteiger partial charge in [-0.2, -0.15) is 0 Å². The van der Waals surface area contributed by atoms with Gasteiger partial charge in [0.1, 0.15) is 6.04 Å². The number of hydrogen-bond donors (Lipinski definition) is 1. The van der Waals surface area contributed by atoms with Crippen LogP contribution in [0, 0.1) is 17.0 Å².